The molecule has 0 bridgehead atoms. The van der Waals surface area contributed by atoms with Gasteiger partial charge in [0.25, 0.3) is 0 Å². The molecular weight excluding hydrogens is 481 g/mol. The molecule has 0 saturated heterocycles. The van der Waals surface area contributed by atoms with Gasteiger partial charge in [-0.1, -0.05) is 29.8 Å². The smallest absolute Gasteiger partial charge is 0.152 e. The van der Waals surface area contributed by atoms with Crippen molar-refractivity contribution < 1.29 is 9.13 Å². The van der Waals surface area contributed by atoms with Crippen LogP contribution >= 0.6 is 11.6 Å². The van der Waals surface area contributed by atoms with Gasteiger partial charge in [-0.3, -0.25) is 4.99 Å². The molecule has 2 heterocycles. The molecule has 10 heteroatoms. The van der Waals surface area contributed by atoms with E-state index in [1.807, 2.05) is 36.2 Å². The van der Waals surface area contributed by atoms with E-state index >= 15 is 0 Å². The Labute approximate surface area is 212 Å². The summed E-state index contributed by atoms with van der Waals surface area (Å²) in [6.07, 6.45) is 1.50. The van der Waals surface area contributed by atoms with Crippen molar-refractivity contribution in [3.05, 3.63) is 89.0 Å². The van der Waals surface area contributed by atoms with Crippen molar-refractivity contribution in [3.8, 4) is 5.75 Å². The minimum atomic E-state index is -0.310. The largest absolute Gasteiger partial charge is 0.487 e. The zero-order valence-corrected chi connectivity index (χ0v) is 20.2. The van der Waals surface area contributed by atoms with Crippen LogP contribution in [0.2, 0.25) is 5.02 Å². The zero-order valence-electron chi connectivity index (χ0n) is 19.4. The second kappa shape index (κ2) is 10.2. The predicted molar refractivity (Wildman–Crippen MR) is 141 cm³/mol. The summed E-state index contributed by atoms with van der Waals surface area (Å²) >= 11 is 6.46. The lowest BCUT2D eigenvalue weighted by Crippen LogP contribution is -2.31. The van der Waals surface area contributed by atoms with Gasteiger partial charge in [-0.05, 0) is 48.0 Å². The Morgan fingerprint density at radius 3 is 2.81 bits per heavy atom. The van der Waals surface area contributed by atoms with Gasteiger partial charge < -0.3 is 20.8 Å². The number of nitrogens with one attached hydrogen (secondary N) is 1. The average molecular weight is 504 g/mol. The molecule has 0 unspecified atom stereocenters. The van der Waals surface area contributed by atoms with Gasteiger partial charge in [0, 0.05) is 30.2 Å². The van der Waals surface area contributed by atoms with Gasteiger partial charge in [0.2, 0.25) is 0 Å². The number of hydrogen-bond acceptors (Lipinski definition) is 8. The third-order valence-electron chi connectivity index (χ3n) is 5.79. The van der Waals surface area contributed by atoms with Crippen molar-refractivity contribution in [2.75, 3.05) is 25.5 Å². The van der Waals surface area contributed by atoms with Crippen molar-refractivity contribution in [1.82, 2.24) is 14.9 Å². The quantitative estimate of drug-likeness (QED) is 0.214. The number of nitrogens with two attached hydrogens (primary N) is 1. The van der Waals surface area contributed by atoms with Gasteiger partial charge in [-0.2, -0.15) is 5.10 Å². The maximum atomic E-state index is 13.4. The van der Waals surface area contributed by atoms with Gasteiger partial charge in [-0.15, -0.1) is 0 Å². The third-order valence-corrected chi connectivity index (χ3v) is 6.08. The molecule has 8 nitrogen and oxygen atoms in total. The molecule has 0 atom stereocenters. The molecule has 182 valence electrons. The van der Waals surface area contributed by atoms with Gasteiger partial charge in [-0.25, -0.2) is 14.4 Å². The third kappa shape index (κ3) is 4.92. The van der Waals surface area contributed by atoms with Crippen LogP contribution in [-0.4, -0.2) is 46.6 Å². The summed E-state index contributed by atoms with van der Waals surface area (Å²) in [5, 5.41) is 8.52. The van der Waals surface area contributed by atoms with E-state index in [0.717, 1.165) is 34.5 Å². The molecule has 0 amide bonds. The number of rotatable bonds is 7. The summed E-state index contributed by atoms with van der Waals surface area (Å²) in [7, 11) is 1.96. The number of fused-ring (bicyclic) bond motifs is 1. The normalized spacial score (nSPS) is 13.7. The lowest BCUT2D eigenvalue weighted by atomic mass is 10.1. The van der Waals surface area contributed by atoms with Crippen molar-refractivity contribution in [2.24, 2.45) is 15.9 Å². The number of ether oxygens (including phenoxy) is 1. The van der Waals surface area contributed by atoms with Gasteiger partial charge in [0.15, 0.2) is 5.84 Å². The summed E-state index contributed by atoms with van der Waals surface area (Å²) in [5.41, 5.74) is 3.61. The molecule has 1 aliphatic rings. The van der Waals surface area contributed by atoms with Crippen molar-refractivity contribution in [3.63, 3.8) is 0 Å². The van der Waals surface area contributed by atoms with Crippen molar-refractivity contribution in [1.29, 1.82) is 0 Å². The molecule has 0 spiro atoms. The van der Waals surface area contributed by atoms with Crippen LogP contribution in [0.5, 0.6) is 5.75 Å². The summed E-state index contributed by atoms with van der Waals surface area (Å²) < 4.78 is 19.2. The molecular formula is C26H23ClFN7O. The highest BCUT2D eigenvalue weighted by Crippen LogP contribution is 2.31. The highest BCUT2D eigenvalue weighted by Gasteiger charge is 2.21. The molecule has 5 rings (SSSR count). The van der Waals surface area contributed by atoms with Gasteiger partial charge in [0.1, 0.15) is 36.0 Å². The number of aromatic nitrogens is 2. The van der Waals surface area contributed by atoms with E-state index in [9.17, 15) is 4.39 Å². The predicted octanol–water partition coefficient (Wildman–Crippen LogP) is 4.75. The fourth-order valence-corrected chi connectivity index (χ4v) is 4.21. The number of amidine groups is 1. The molecule has 0 saturated carbocycles. The topological polar surface area (TPSA) is 101 Å². The first-order valence-corrected chi connectivity index (χ1v) is 11.6. The SMILES string of the molecule is CN1CCN=C1C(=NN)c1ccc2ncnc(Nc3ccc(OCc4cccc(F)c4)c(Cl)c3)c2c1. The van der Waals surface area contributed by atoms with E-state index in [-0.39, 0.29) is 12.4 Å². The Morgan fingerprint density at radius 2 is 2.06 bits per heavy atom. The Morgan fingerprint density at radius 1 is 1.17 bits per heavy atom. The highest BCUT2D eigenvalue weighted by molar-refractivity contribution is 6.47. The van der Waals surface area contributed by atoms with E-state index in [0.29, 0.717) is 34.4 Å². The molecule has 1 aliphatic heterocycles. The maximum absolute atomic E-state index is 13.4. The van der Waals surface area contributed by atoms with Crippen LogP contribution in [0, 0.1) is 5.82 Å². The zero-order chi connectivity index (χ0) is 25.1. The second-order valence-electron chi connectivity index (χ2n) is 8.25. The van der Waals surface area contributed by atoms with Crippen LogP contribution in [0.25, 0.3) is 10.9 Å². The standard InChI is InChI=1S/C26H23ClFN7O/c1-35-10-9-30-26(35)24(34-29)17-5-7-22-20(12-17)25(32-15-31-22)33-19-6-8-23(21(27)13-19)36-14-16-3-2-4-18(28)11-16/h2-8,11-13,15H,9-10,14,29H2,1H3,(H,31,32,33). The number of aliphatic imine (C=N–C) groups is 1. The monoisotopic (exact) mass is 503 g/mol. The van der Waals surface area contributed by atoms with E-state index in [2.05, 4.69) is 25.4 Å². The van der Waals surface area contributed by atoms with Crippen LogP contribution in [0.3, 0.4) is 0 Å². The Balaban J connectivity index is 1.39. The molecule has 1 aromatic heterocycles. The van der Waals surface area contributed by atoms with Crippen LogP contribution in [0.4, 0.5) is 15.9 Å². The number of halogens is 2. The lowest BCUT2D eigenvalue weighted by molar-refractivity contribution is 0.306. The number of anilines is 2. The second-order valence-corrected chi connectivity index (χ2v) is 8.65. The van der Waals surface area contributed by atoms with Crippen LogP contribution in [-0.2, 0) is 6.61 Å². The summed E-state index contributed by atoms with van der Waals surface area (Å²) in [5.74, 6) is 7.28. The number of hydrogen-bond donors (Lipinski definition) is 2. The lowest BCUT2D eigenvalue weighted by Gasteiger charge is -2.16. The fraction of sp³-hybridized carbons (Fsp3) is 0.154. The van der Waals surface area contributed by atoms with Gasteiger partial charge >= 0.3 is 0 Å². The van der Waals surface area contributed by atoms with E-state index in [4.69, 9.17) is 22.2 Å². The van der Waals surface area contributed by atoms with Crippen molar-refractivity contribution in [2.45, 2.75) is 6.61 Å². The molecule has 0 aliphatic carbocycles. The Bertz CT molecular complexity index is 1490. The average Bonchev–Trinajstić information content (AvgIpc) is 3.30. The van der Waals surface area contributed by atoms with Gasteiger partial charge in [0.05, 0.1) is 17.1 Å². The first kappa shape index (κ1) is 23.5. The van der Waals surface area contributed by atoms with Crippen LogP contribution in [0.1, 0.15) is 11.1 Å². The van der Waals surface area contributed by atoms with Crippen LogP contribution in [0.15, 0.2) is 77.1 Å². The Kier molecular flexibility index (Phi) is 6.64. The van der Waals surface area contributed by atoms with E-state index in [1.54, 1.807) is 24.3 Å². The summed E-state index contributed by atoms with van der Waals surface area (Å²) in [4.78, 5) is 15.4. The van der Waals surface area contributed by atoms with Crippen molar-refractivity contribution >= 4 is 45.6 Å². The molecule has 3 N–H and O–H groups in total. The molecule has 4 aromatic rings. The number of likely N-dealkylation sites (N-methyl/N-ethyl adjacent to an activating group) is 1. The molecule has 36 heavy (non-hydrogen) atoms. The number of benzene rings is 3. The minimum absolute atomic E-state index is 0.203. The first-order chi connectivity index (χ1) is 17.5. The number of hydrazone groups is 1. The first-order valence-electron chi connectivity index (χ1n) is 11.2. The molecule has 0 radical (unpaired) electrons. The minimum Gasteiger partial charge on any atom is -0.487 e. The summed E-state index contributed by atoms with van der Waals surface area (Å²) in [6.45, 7) is 1.73. The fourth-order valence-electron chi connectivity index (χ4n) is 3.97. The molecule has 0 fully saturated rings. The van der Waals surface area contributed by atoms with E-state index < -0.39 is 0 Å². The highest BCUT2D eigenvalue weighted by atomic mass is 35.5. The summed E-state index contributed by atoms with van der Waals surface area (Å²) in [6, 6.07) is 17.3. The van der Waals surface area contributed by atoms with E-state index in [1.165, 1.54) is 18.5 Å². The Hall–Kier alpha value is -4.24. The molecule has 3 aromatic carbocycles. The van der Waals surface area contributed by atoms with Crippen LogP contribution < -0.4 is 15.9 Å². The maximum Gasteiger partial charge on any atom is 0.152 e. The number of nitrogens with zero attached hydrogens (tertiary/aromatic N) is 5.